The average molecular weight is 256 g/mol. The highest BCUT2D eigenvalue weighted by atomic mass is 35.5. The van der Waals surface area contributed by atoms with E-state index in [4.69, 9.17) is 10.5 Å². The number of benzene rings is 1. The van der Waals surface area contributed by atoms with Gasteiger partial charge in [0.25, 0.3) is 0 Å². The van der Waals surface area contributed by atoms with Crippen molar-refractivity contribution in [3.63, 3.8) is 0 Å². The van der Waals surface area contributed by atoms with Crippen LogP contribution in [-0.2, 0) is 11.2 Å². The van der Waals surface area contributed by atoms with Gasteiger partial charge in [0.2, 0.25) is 0 Å². The number of rotatable bonds is 2. The highest BCUT2D eigenvalue weighted by Gasteiger charge is 2.18. The van der Waals surface area contributed by atoms with Gasteiger partial charge < -0.3 is 10.5 Å². The number of nitrogens with two attached hydrogens (primary N) is 1. The van der Waals surface area contributed by atoms with Gasteiger partial charge in [0.1, 0.15) is 0 Å². The van der Waals surface area contributed by atoms with Gasteiger partial charge in [-0.3, -0.25) is 0 Å². The molecule has 4 heteroatoms. The Balaban J connectivity index is 0.00000144. The standard InChI is InChI=1S/C13H17NO2.ClH/c1-2-16-13(15)10-7-6-9-4-3-5-12(14)11(9)8-10;/h6-8,12H,2-5,14H2,1H3;1H/t12-;/m0./s1. The quantitative estimate of drug-likeness (QED) is 0.827. The third-order valence-electron chi connectivity index (χ3n) is 3.02. The van der Waals surface area contributed by atoms with E-state index in [9.17, 15) is 4.79 Å². The van der Waals surface area contributed by atoms with Crippen LogP contribution in [-0.4, -0.2) is 12.6 Å². The zero-order valence-corrected chi connectivity index (χ0v) is 10.8. The summed E-state index contributed by atoms with van der Waals surface area (Å²) in [5, 5.41) is 0. The van der Waals surface area contributed by atoms with Gasteiger partial charge in [-0.25, -0.2) is 4.79 Å². The maximum atomic E-state index is 11.6. The summed E-state index contributed by atoms with van der Waals surface area (Å²) in [7, 11) is 0. The number of aryl methyl sites for hydroxylation is 1. The van der Waals surface area contributed by atoms with Crippen LogP contribution in [0.4, 0.5) is 0 Å². The van der Waals surface area contributed by atoms with Crippen molar-refractivity contribution in [1.29, 1.82) is 0 Å². The maximum Gasteiger partial charge on any atom is 0.338 e. The topological polar surface area (TPSA) is 52.3 Å². The molecule has 0 heterocycles. The van der Waals surface area contributed by atoms with Crippen LogP contribution < -0.4 is 5.73 Å². The second-order valence-electron chi connectivity index (χ2n) is 4.13. The Bertz CT molecular complexity index is 406. The number of hydrogen-bond acceptors (Lipinski definition) is 3. The van der Waals surface area contributed by atoms with Crippen LogP contribution in [0.15, 0.2) is 18.2 Å². The van der Waals surface area contributed by atoms with E-state index in [1.165, 1.54) is 5.56 Å². The monoisotopic (exact) mass is 255 g/mol. The number of ether oxygens (including phenoxy) is 1. The lowest BCUT2D eigenvalue weighted by Gasteiger charge is -2.22. The summed E-state index contributed by atoms with van der Waals surface area (Å²) in [5.41, 5.74) is 9.02. The van der Waals surface area contributed by atoms with E-state index < -0.39 is 0 Å². The minimum Gasteiger partial charge on any atom is -0.462 e. The largest absolute Gasteiger partial charge is 0.462 e. The van der Waals surface area contributed by atoms with Crippen LogP contribution in [0.2, 0.25) is 0 Å². The predicted octanol–water partition coefficient (Wildman–Crippen LogP) is 2.62. The van der Waals surface area contributed by atoms with Gasteiger partial charge in [-0.05, 0) is 49.4 Å². The summed E-state index contributed by atoms with van der Waals surface area (Å²) in [6.45, 7) is 2.21. The number of fused-ring (bicyclic) bond motifs is 1. The molecule has 0 amide bonds. The molecule has 94 valence electrons. The fraction of sp³-hybridized carbons (Fsp3) is 0.462. The molecule has 1 aromatic rings. The Morgan fingerprint density at radius 3 is 3.00 bits per heavy atom. The SMILES string of the molecule is CCOC(=O)c1ccc2c(c1)[C@@H](N)CCC2.Cl. The molecule has 1 atom stereocenters. The van der Waals surface area contributed by atoms with Crippen molar-refractivity contribution < 1.29 is 9.53 Å². The van der Waals surface area contributed by atoms with Gasteiger partial charge in [0, 0.05) is 6.04 Å². The maximum absolute atomic E-state index is 11.6. The second-order valence-corrected chi connectivity index (χ2v) is 4.13. The summed E-state index contributed by atoms with van der Waals surface area (Å²) in [6, 6.07) is 5.78. The molecule has 0 aromatic heterocycles. The minimum atomic E-state index is -0.261. The van der Waals surface area contributed by atoms with Gasteiger partial charge in [-0.1, -0.05) is 6.07 Å². The van der Waals surface area contributed by atoms with Crippen molar-refractivity contribution in [2.75, 3.05) is 6.61 Å². The molecule has 1 aliphatic carbocycles. The van der Waals surface area contributed by atoms with Gasteiger partial charge in [-0.2, -0.15) is 0 Å². The van der Waals surface area contributed by atoms with E-state index in [2.05, 4.69) is 0 Å². The van der Waals surface area contributed by atoms with E-state index >= 15 is 0 Å². The number of carbonyl (C=O) groups excluding carboxylic acids is 1. The molecule has 0 fully saturated rings. The van der Waals surface area contributed by atoms with Gasteiger partial charge >= 0.3 is 5.97 Å². The number of halogens is 1. The third kappa shape index (κ3) is 2.99. The average Bonchev–Trinajstić information content (AvgIpc) is 2.29. The summed E-state index contributed by atoms with van der Waals surface area (Å²) < 4.78 is 4.97. The van der Waals surface area contributed by atoms with E-state index in [-0.39, 0.29) is 24.4 Å². The molecule has 0 saturated heterocycles. The number of esters is 1. The zero-order valence-electron chi connectivity index (χ0n) is 9.94. The Labute approximate surface area is 108 Å². The molecule has 0 aliphatic heterocycles. The molecule has 17 heavy (non-hydrogen) atoms. The summed E-state index contributed by atoms with van der Waals surface area (Å²) in [5.74, 6) is -0.261. The van der Waals surface area contributed by atoms with Gasteiger partial charge in [-0.15, -0.1) is 12.4 Å². The fourth-order valence-electron chi connectivity index (χ4n) is 2.18. The lowest BCUT2D eigenvalue weighted by molar-refractivity contribution is 0.0526. The lowest BCUT2D eigenvalue weighted by atomic mass is 9.87. The van der Waals surface area contributed by atoms with E-state index in [0.29, 0.717) is 12.2 Å². The molecule has 1 aromatic carbocycles. The van der Waals surface area contributed by atoms with Crippen molar-refractivity contribution in [3.05, 3.63) is 34.9 Å². The zero-order chi connectivity index (χ0) is 11.5. The highest BCUT2D eigenvalue weighted by Crippen LogP contribution is 2.28. The Morgan fingerprint density at radius 1 is 1.53 bits per heavy atom. The van der Waals surface area contributed by atoms with Crippen LogP contribution in [0.25, 0.3) is 0 Å². The Hall–Kier alpha value is -1.06. The molecule has 2 N–H and O–H groups in total. The normalized spacial score (nSPS) is 17.9. The first-order valence-electron chi connectivity index (χ1n) is 5.78. The second kappa shape index (κ2) is 6.03. The summed E-state index contributed by atoms with van der Waals surface area (Å²) in [4.78, 5) is 11.6. The molecule has 0 saturated carbocycles. The van der Waals surface area contributed by atoms with E-state index in [1.54, 1.807) is 0 Å². The Kier molecular flexibility index (Phi) is 4.97. The van der Waals surface area contributed by atoms with Crippen LogP contribution >= 0.6 is 12.4 Å². The summed E-state index contributed by atoms with van der Waals surface area (Å²) >= 11 is 0. The summed E-state index contributed by atoms with van der Waals surface area (Å²) in [6.07, 6.45) is 3.19. The van der Waals surface area contributed by atoms with Crippen molar-refractivity contribution in [3.8, 4) is 0 Å². The van der Waals surface area contributed by atoms with Crippen LogP contribution in [0.1, 0.15) is 47.3 Å². The highest BCUT2D eigenvalue weighted by molar-refractivity contribution is 5.89. The lowest BCUT2D eigenvalue weighted by Crippen LogP contribution is -2.18. The molecular formula is C13H18ClNO2. The number of hydrogen-bond donors (Lipinski definition) is 1. The van der Waals surface area contributed by atoms with Crippen LogP contribution in [0.5, 0.6) is 0 Å². The molecular weight excluding hydrogens is 238 g/mol. The van der Waals surface area contributed by atoms with Crippen LogP contribution in [0, 0.1) is 0 Å². The first-order valence-corrected chi connectivity index (χ1v) is 5.78. The predicted molar refractivity (Wildman–Crippen MR) is 69.5 cm³/mol. The van der Waals surface area contributed by atoms with Crippen molar-refractivity contribution in [2.24, 2.45) is 5.73 Å². The van der Waals surface area contributed by atoms with E-state index in [1.807, 2.05) is 25.1 Å². The first kappa shape index (κ1) is 14.0. The van der Waals surface area contributed by atoms with E-state index in [0.717, 1.165) is 24.8 Å². The van der Waals surface area contributed by atoms with Gasteiger partial charge in [0.15, 0.2) is 0 Å². The fourth-order valence-corrected chi connectivity index (χ4v) is 2.18. The molecule has 0 spiro atoms. The van der Waals surface area contributed by atoms with Crippen LogP contribution in [0.3, 0.4) is 0 Å². The van der Waals surface area contributed by atoms with Crippen molar-refractivity contribution in [1.82, 2.24) is 0 Å². The number of carbonyl (C=O) groups is 1. The van der Waals surface area contributed by atoms with Gasteiger partial charge in [0.05, 0.1) is 12.2 Å². The smallest absolute Gasteiger partial charge is 0.338 e. The Morgan fingerprint density at radius 2 is 2.29 bits per heavy atom. The molecule has 0 radical (unpaired) electrons. The molecule has 3 nitrogen and oxygen atoms in total. The third-order valence-corrected chi connectivity index (χ3v) is 3.02. The first-order chi connectivity index (χ1) is 7.72. The molecule has 2 rings (SSSR count). The molecule has 0 bridgehead atoms. The minimum absolute atomic E-state index is 0. The van der Waals surface area contributed by atoms with Crippen molar-refractivity contribution >= 4 is 18.4 Å². The molecule has 0 unspecified atom stereocenters. The molecule has 1 aliphatic rings. The van der Waals surface area contributed by atoms with Crippen molar-refractivity contribution in [2.45, 2.75) is 32.2 Å².